The SMILES string of the molecule is CCN1CCC(N(C)C(=O)c2cc(C)nc(Cl)c2)CC1. The molecule has 1 aliphatic rings. The van der Waals surface area contributed by atoms with Crippen molar-refractivity contribution in [2.24, 2.45) is 0 Å². The number of aromatic nitrogens is 1. The Morgan fingerprint density at radius 2 is 2.10 bits per heavy atom. The second-order valence-corrected chi connectivity index (χ2v) is 5.79. The smallest absolute Gasteiger partial charge is 0.254 e. The number of rotatable bonds is 3. The lowest BCUT2D eigenvalue weighted by Crippen LogP contribution is -2.45. The summed E-state index contributed by atoms with van der Waals surface area (Å²) in [6.07, 6.45) is 2.07. The van der Waals surface area contributed by atoms with Gasteiger partial charge in [-0.2, -0.15) is 0 Å². The predicted molar refractivity (Wildman–Crippen MR) is 81.2 cm³/mol. The van der Waals surface area contributed by atoms with Crippen LogP contribution < -0.4 is 0 Å². The standard InChI is InChI=1S/C15H22ClN3O/c1-4-19-7-5-13(6-8-19)18(3)15(20)12-9-11(2)17-14(16)10-12/h9-10,13H,4-8H2,1-3H3. The summed E-state index contributed by atoms with van der Waals surface area (Å²) in [4.78, 5) is 20.9. The van der Waals surface area contributed by atoms with Crippen LogP contribution in [0.2, 0.25) is 5.15 Å². The van der Waals surface area contributed by atoms with Crippen molar-refractivity contribution in [3.05, 3.63) is 28.5 Å². The zero-order valence-electron chi connectivity index (χ0n) is 12.4. The topological polar surface area (TPSA) is 36.4 Å². The maximum Gasteiger partial charge on any atom is 0.254 e. The summed E-state index contributed by atoms with van der Waals surface area (Å²) in [7, 11) is 1.89. The van der Waals surface area contributed by atoms with E-state index >= 15 is 0 Å². The van der Waals surface area contributed by atoms with Gasteiger partial charge in [0.1, 0.15) is 5.15 Å². The van der Waals surface area contributed by atoms with Crippen molar-refractivity contribution in [1.82, 2.24) is 14.8 Å². The minimum atomic E-state index is 0.0346. The average Bonchev–Trinajstić information content (AvgIpc) is 2.45. The van der Waals surface area contributed by atoms with Crippen LogP contribution in [0.3, 0.4) is 0 Å². The van der Waals surface area contributed by atoms with Crippen molar-refractivity contribution in [3.63, 3.8) is 0 Å². The molecular formula is C15H22ClN3O. The van der Waals surface area contributed by atoms with E-state index in [0.717, 1.165) is 38.2 Å². The zero-order chi connectivity index (χ0) is 14.7. The molecule has 0 aromatic carbocycles. The third-order valence-corrected chi connectivity index (χ3v) is 4.24. The lowest BCUT2D eigenvalue weighted by Gasteiger charge is -2.36. The molecule has 0 bridgehead atoms. The van der Waals surface area contributed by atoms with Gasteiger partial charge in [0.25, 0.3) is 5.91 Å². The van der Waals surface area contributed by atoms with E-state index in [1.807, 2.05) is 18.9 Å². The molecule has 2 heterocycles. The largest absolute Gasteiger partial charge is 0.339 e. The summed E-state index contributed by atoms with van der Waals surface area (Å²) in [5, 5.41) is 0.377. The van der Waals surface area contributed by atoms with Crippen molar-refractivity contribution in [3.8, 4) is 0 Å². The lowest BCUT2D eigenvalue weighted by molar-refractivity contribution is 0.0646. The minimum absolute atomic E-state index is 0.0346. The molecule has 1 aromatic rings. The Morgan fingerprint density at radius 3 is 2.65 bits per heavy atom. The molecule has 1 aliphatic heterocycles. The highest BCUT2D eigenvalue weighted by molar-refractivity contribution is 6.29. The van der Waals surface area contributed by atoms with E-state index in [4.69, 9.17) is 11.6 Å². The average molecular weight is 296 g/mol. The van der Waals surface area contributed by atoms with Crippen LogP contribution in [0.15, 0.2) is 12.1 Å². The van der Waals surface area contributed by atoms with Crippen LogP contribution in [0.1, 0.15) is 35.8 Å². The van der Waals surface area contributed by atoms with E-state index in [1.54, 1.807) is 12.1 Å². The molecule has 0 N–H and O–H groups in total. The first-order valence-electron chi connectivity index (χ1n) is 7.15. The molecule has 5 heteroatoms. The van der Waals surface area contributed by atoms with Gasteiger partial charge in [-0.1, -0.05) is 18.5 Å². The fraction of sp³-hybridized carbons (Fsp3) is 0.600. The molecule has 4 nitrogen and oxygen atoms in total. The zero-order valence-corrected chi connectivity index (χ0v) is 13.2. The molecule has 0 radical (unpaired) electrons. The van der Waals surface area contributed by atoms with Gasteiger partial charge in [-0.05, 0) is 38.4 Å². The normalized spacial score (nSPS) is 17.2. The van der Waals surface area contributed by atoms with Gasteiger partial charge in [0.05, 0.1) is 0 Å². The Labute approximate surface area is 125 Å². The Bertz CT molecular complexity index is 464. The molecule has 1 saturated heterocycles. The molecule has 1 amide bonds. The molecule has 0 aliphatic carbocycles. The molecule has 2 rings (SSSR count). The van der Waals surface area contributed by atoms with Crippen molar-refractivity contribution in [1.29, 1.82) is 0 Å². The van der Waals surface area contributed by atoms with Crippen LogP contribution >= 0.6 is 11.6 Å². The van der Waals surface area contributed by atoms with Crippen molar-refractivity contribution in [2.75, 3.05) is 26.7 Å². The highest BCUT2D eigenvalue weighted by Crippen LogP contribution is 2.19. The van der Waals surface area contributed by atoms with Crippen LogP contribution in [-0.2, 0) is 0 Å². The summed E-state index contributed by atoms with van der Waals surface area (Å²) in [5.74, 6) is 0.0346. The molecule has 0 saturated carbocycles. The van der Waals surface area contributed by atoms with E-state index in [-0.39, 0.29) is 5.91 Å². The van der Waals surface area contributed by atoms with Gasteiger partial charge in [-0.15, -0.1) is 0 Å². The van der Waals surface area contributed by atoms with E-state index in [1.165, 1.54) is 0 Å². The monoisotopic (exact) mass is 295 g/mol. The molecule has 1 aromatic heterocycles. The van der Waals surface area contributed by atoms with Crippen molar-refractivity contribution < 1.29 is 4.79 Å². The number of halogens is 1. The third-order valence-electron chi connectivity index (χ3n) is 4.04. The van der Waals surface area contributed by atoms with Crippen LogP contribution in [0, 0.1) is 6.92 Å². The summed E-state index contributed by atoms with van der Waals surface area (Å²) >= 11 is 5.93. The Balaban J connectivity index is 2.05. The van der Waals surface area contributed by atoms with Gasteiger partial charge in [0.15, 0.2) is 0 Å². The molecule has 0 unspecified atom stereocenters. The molecule has 0 spiro atoms. The van der Waals surface area contributed by atoms with Gasteiger partial charge in [0, 0.05) is 37.4 Å². The maximum absolute atomic E-state index is 12.5. The highest BCUT2D eigenvalue weighted by Gasteiger charge is 2.25. The summed E-state index contributed by atoms with van der Waals surface area (Å²) in [5.41, 5.74) is 1.40. The Hall–Kier alpha value is -1.13. The number of carbonyl (C=O) groups is 1. The number of amides is 1. The second-order valence-electron chi connectivity index (χ2n) is 5.40. The molecule has 110 valence electrons. The number of pyridine rings is 1. The highest BCUT2D eigenvalue weighted by atomic mass is 35.5. The fourth-order valence-electron chi connectivity index (χ4n) is 2.74. The first-order chi connectivity index (χ1) is 9.51. The number of aryl methyl sites for hydroxylation is 1. The predicted octanol–water partition coefficient (Wildman–Crippen LogP) is 2.60. The number of hydrogen-bond donors (Lipinski definition) is 0. The minimum Gasteiger partial charge on any atom is -0.339 e. The quantitative estimate of drug-likeness (QED) is 0.804. The van der Waals surface area contributed by atoms with E-state index < -0.39 is 0 Å². The molecule has 1 fully saturated rings. The molecular weight excluding hydrogens is 274 g/mol. The first kappa shape index (κ1) is 15.3. The Morgan fingerprint density at radius 1 is 1.45 bits per heavy atom. The number of hydrogen-bond acceptors (Lipinski definition) is 3. The van der Waals surface area contributed by atoms with Crippen molar-refractivity contribution >= 4 is 17.5 Å². The van der Waals surface area contributed by atoms with Crippen LogP contribution in [0.5, 0.6) is 0 Å². The van der Waals surface area contributed by atoms with Gasteiger partial charge >= 0.3 is 0 Å². The lowest BCUT2D eigenvalue weighted by atomic mass is 10.0. The number of likely N-dealkylation sites (tertiary alicyclic amines) is 1. The second kappa shape index (κ2) is 6.55. The van der Waals surface area contributed by atoms with Crippen LogP contribution in [0.25, 0.3) is 0 Å². The molecule has 20 heavy (non-hydrogen) atoms. The fourth-order valence-corrected chi connectivity index (χ4v) is 2.99. The van der Waals surface area contributed by atoms with Gasteiger partial charge < -0.3 is 9.80 Å². The number of nitrogens with zero attached hydrogens (tertiary/aromatic N) is 3. The molecule has 0 atom stereocenters. The van der Waals surface area contributed by atoms with Gasteiger partial charge in [-0.3, -0.25) is 4.79 Å². The summed E-state index contributed by atoms with van der Waals surface area (Å²) < 4.78 is 0. The maximum atomic E-state index is 12.5. The number of carbonyl (C=O) groups excluding carboxylic acids is 1. The number of piperidine rings is 1. The van der Waals surface area contributed by atoms with E-state index in [0.29, 0.717) is 16.8 Å². The third kappa shape index (κ3) is 3.49. The Kier molecular flexibility index (Phi) is 5.00. The van der Waals surface area contributed by atoms with Crippen LogP contribution in [-0.4, -0.2) is 53.4 Å². The van der Waals surface area contributed by atoms with Gasteiger partial charge in [0.2, 0.25) is 0 Å². The van der Waals surface area contributed by atoms with Gasteiger partial charge in [-0.25, -0.2) is 4.98 Å². The van der Waals surface area contributed by atoms with Crippen LogP contribution in [0.4, 0.5) is 0 Å². The first-order valence-corrected chi connectivity index (χ1v) is 7.52. The summed E-state index contributed by atoms with van der Waals surface area (Å²) in [6, 6.07) is 3.76. The van der Waals surface area contributed by atoms with Crippen molar-refractivity contribution in [2.45, 2.75) is 32.7 Å². The van der Waals surface area contributed by atoms with E-state index in [9.17, 15) is 4.79 Å². The summed E-state index contributed by atoms with van der Waals surface area (Å²) in [6.45, 7) is 7.24. The van der Waals surface area contributed by atoms with E-state index in [2.05, 4.69) is 16.8 Å².